The molecule has 0 aliphatic heterocycles. The predicted octanol–water partition coefficient (Wildman–Crippen LogP) is 3.90. The zero-order chi connectivity index (χ0) is 10.4. The van der Waals surface area contributed by atoms with Crippen molar-refractivity contribution in [1.29, 1.82) is 0 Å². The molecule has 1 fully saturated rings. The molecule has 1 unspecified atom stereocenters. The zero-order valence-corrected chi connectivity index (χ0v) is 9.89. The first kappa shape index (κ1) is 12.0. The van der Waals surface area contributed by atoms with Crippen molar-refractivity contribution in [2.75, 3.05) is 0 Å². The molecule has 1 saturated carbocycles. The van der Waals surface area contributed by atoms with Gasteiger partial charge in [0, 0.05) is 0 Å². The van der Waals surface area contributed by atoms with Crippen molar-refractivity contribution < 1.29 is 5.11 Å². The molecule has 1 atom stereocenters. The molecular weight excluding hydrogens is 172 g/mol. The van der Waals surface area contributed by atoms with Crippen molar-refractivity contribution in [2.45, 2.75) is 77.2 Å². The summed E-state index contributed by atoms with van der Waals surface area (Å²) in [7, 11) is 0. The fourth-order valence-corrected chi connectivity index (χ4v) is 2.65. The lowest BCUT2D eigenvalue weighted by atomic mass is 9.82. The van der Waals surface area contributed by atoms with Gasteiger partial charge in [-0.3, -0.25) is 0 Å². The van der Waals surface area contributed by atoms with E-state index in [1.54, 1.807) is 0 Å². The van der Waals surface area contributed by atoms with Crippen LogP contribution in [0.4, 0.5) is 0 Å². The minimum atomic E-state index is -0.397. The Balaban J connectivity index is 2.17. The minimum Gasteiger partial charge on any atom is -0.390 e. The van der Waals surface area contributed by atoms with Gasteiger partial charge in [0.1, 0.15) is 0 Å². The Morgan fingerprint density at radius 3 is 2.36 bits per heavy atom. The van der Waals surface area contributed by atoms with Gasteiger partial charge in [-0.1, -0.05) is 45.4 Å². The van der Waals surface area contributed by atoms with Gasteiger partial charge in [-0.25, -0.2) is 0 Å². The lowest BCUT2D eigenvalue weighted by Gasteiger charge is -2.27. The van der Waals surface area contributed by atoms with Crippen molar-refractivity contribution >= 4 is 0 Å². The average molecular weight is 198 g/mol. The monoisotopic (exact) mass is 198 g/mol. The molecule has 1 aliphatic rings. The highest BCUT2D eigenvalue weighted by Crippen LogP contribution is 2.30. The Morgan fingerprint density at radius 2 is 1.79 bits per heavy atom. The highest BCUT2D eigenvalue weighted by atomic mass is 16.3. The number of aliphatic hydroxyl groups is 1. The maximum Gasteiger partial charge on any atom is 0.0619 e. The molecule has 1 heteroatoms. The topological polar surface area (TPSA) is 20.2 Å². The maximum absolute atomic E-state index is 10.0. The summed E-state index contributed by atoms with van der Waals surface area (Å²) in [5.41, 5.74) is -0.397. The van der Waals surface area contributed by atoms with E-state index in [2.05, 4.69) is 6.92 Å². The van der Waals surface area contributed by atoms with Crippen molar-refractivity contribution in [3.05, 3.63) is 0 Å². The number of hydrogen-bond donors (Lipinski definition) is 1. The molecule has 0 saturated heterocycles. The van der Waals surface area contributed by atoms with Gasteiger partial charge in [-0.15, -0.1) is 0 Å². The maximum atomic E-state index is 10.0. The van der Waals surface area contributed by atoms with Crippen LogP contribution in [0.2, 0.25) is 0 Å². The summed E-state index contributed by atoms with van der Waals surface area (Å²) in [6.07, 6.45) is 11.4. The zero-order valence-electron chi connectivity index (χ0n) is 9.89. The van der Waals surface area contributed by atoms with Crippen LogP contribution >= 0.6 is 0 Å². The second-order valence-electron chi connectivity index (χ2n) is 5.29. The van der Waals surface area contributed by atoms with Crippen LogP contribution in [0, 0.1) is 5.92 Å². The number of hydrogen-bond acceptors (Lipinski definition) is 1. The van der Waals surface area contributed by atoms with Crippen molar-refractivity contribution in [3.63, 3.8) is 0 Å². The van der Waals surface area contributed by atoms with Crippen LogP contribution < -0.4 is 0 Å². The smallest absolute Gasteiger partial charge is 0.0619 e. The van der Waals surface area contributed by atoms with Gasteiger partial charge >= 0.3 is 0 Å². The molecule has 0 bridgehead atoms. The van der Waals surface area contributed by atoms with Gasteiger partial charge in [0.25, 0.3) is 0 Å². The summed E-state index contributed by atoms with van der Waals surface area (Å²) in [5, 5.41) is 10.0. The molecule has 0 spiro atoms. The summed E-state index contributed by atoms with van der Waals surface area (Å²) in [4.78, 5) is 0. The quantitative estimate of drug-likeness (QED) is 0.710. The highest BCUT2D eigenvalue weighted by molar-refractivity contribution is 4.75. The second-order valence-corrected chi connectivity index (χ2v) is 5.29. The third-order valence-corrected chi connectivity index (χ3v) is 3.60. The molecular formula is C13H26O. The fourth-order valence-electron chi connectivity index (χ4n) is 2.65. The van der Waals surface area contributed by atoms with Crippen LogP contribution in [0.3, 0.4) is 0 Å². The Hall–Kier alpha value is -0.0400. The van der Waals surface area contributed by atoms with E-state index >= 15 is 0 Å². The van der Waals surface area contributed by atoms with Crippen molar-refractivity contribution in [2.24, 2.45) is 5.92 Å². The normalized spacial score (nSPS) is 23.4. The van der Waals surface area contributed by atoms with Crippen molar-refractivity contribution in [3.8, 4) is 0 Å². The first-order chi connectivity index (χ1) is 6.64. The van der Waals surface area contributed by atoms with Crippen LogP contribution in [0.1, 0.15) is 71.6 Å². The third-order valence-electron chi connectivity index (χ3n) is 3.60. The molecule has 1 rings (SSSR count). The molecule has 0 radical (unpaired) electrons. The lowest BCUT2D eigenvalue weighted by Crippen LogP contribution is -2.25. The first-order valence-corrected chi connectivity index (χ1v) is 6.36. The number of rotatable bonds is 5. The van der Waals surface area contributed by atoms with Gasteiger partial charge in [0.2, 0.25) is 0 Å². The molecule has 0 aromatic carbocycles. The van der Waals surface area contributed by atoms with Gasteiger partial charge in [0.05, 0.1) is 5.60 Å². The van der Waals surface area contributed by atoms with E-state index in [9.17, 15) is 5.11 Å². The molecule has 1 aliphatic carbocycles. The fraction of sp³-hybridized carbons (Fsp3) is 1.00. The molecule has 0 heterocycles. The van der Waals surface area contributed by atoms with Crippen LogP contribution in [0.25, 0.3) is 0 Å². The van der Waals surface area contributed by atoms with E-state index in [-0.39, 0.29) is 0 Å². The predicted molar refractivity (Wildman–Crippen MR) is 61.3 cm³/mol. The van der Waals surface area contributed by atoms with Gasteiger partial charge < -0.3 is 5.11 Å². The van der Waals surface area contributed by atoms with E-state index in [0.29, 0.717) is 0 Å². The van der Waals surface area contributed by atoms with E-state index in [4.69, 9.17) is 0 Å². The average Bonchev–Trinajstić information content (AvgIpc) is 2.17. The lowest BCUT2D eigenvalue weighted by molar-refractivity contribution is 0.0329. The second kappa shape index (κ2) is 5.75. The van der Waals surface area contributed by atoms with E-state index in [1.807, 2.05) is 6.92 Å². The first-order valence-electron chi connectivity index (χ1n) is 6.36. The third kappa shape index (κ3) is 4.45. The SMILES string of the molecule is CCCC(C)(O)CCC1CCCCC1. The summed E-state index contributed by atoms with van der Waals surface area (Å²) >= 11 is 0. The standard InChI is InChI=1S/C13H26O/c1-3-10-13(2,14)11-9-12-7-5-4-6-8-12/h12,14H,3-11H2,1-2H3. The van der Waals surface area contributed by atoms with E-state index < -0.39 is 5.60 Å². The summed E-state index contributed by atoms with van der Waals surface area (Å²) in [6, 6.07) is 0. The molecule has 14 heavy (non-hydrogen) atoms. The Labute approximate surface area is 88.9 Å². The van der Waals surface area contributed by atoms with E-state index in [0.717, 1.165) is 25.2 Å². The Morgan fingerprint density at radius 1 is 1.14 bits per heavy atom. The highest BCUT2D eigenvalue weighted by Gasteiger charge is 2.21. The Kier molecular flexibility index (Phi) is 4.94. The van der Waals surface area contributed by atoms with E-state index in [1.165, 1.54) is 38.5 Å². The van der Waals surface area contributed by atoms with Crippen LogP contribution in [0.5, 0.6) is 0 Å². The summed E-state index contributed by atoms with van der Waals surface area (Å²) in [5.74, 6) is 0.909. The van der Waals surface area contributed by atoms with Gasteiger partial charge in [0.15, 0.2) is 0 Å². The summed E-state index contributed by atoms with van der Waals surface area (Å²) < 4.78 is 0. The van der Waals surface area contributed by atoms with Gasteiger partial charge in [-0.2, -0.15) is 0 Å². The molecule has 1 nitrogen and oxygen atoms in total. The van der Waals surface area contributed by atoms with Crippen LogP contribution in [0.15, 0.2) is 0 Å². The van der Waals surface area contributed by atoms with Crippen LogP contribution in [-0.4, -0.2) is 10.7 Å². The molecule has 1 N–H and O–H groups in total. The van der Waals surface area contributed by atoms with Crippen LogP contribution in [-0.2, 0) is 0 Å². The molecule has 0 aromatic rings. The largest absolute Gasteiger partial charge is 0.390 e. The minimum absolute atomic E-state index is 0.397. The summed E-state index contributed by atoms with van der Waals surface area (Å²) in [6.45, 7) is 4.15. The molecule has 0 aromatic heterocycles. The molecule has 84 valence electrons. The van der Waals surface area contributed by atoms with Gasteiger partial charge in [-0.05, 0) is 32.1 Å². The molecule has 0 amide bonds. The van der Waals surface area contributed by atoms with Crippen molar-refractivity contribution in [1.82, 2.24) is 0 Å². The Bertz CT molecular complexity index is 145.